The van der Waals surface area contributed by atoms with E-state index in [0.717, 1.165) is 37.1 Å². The summed E-state index contributed by atoms with van der Waals surface area (Å²) in [7, 11) is 0. The molecular formula is C15H17N3O. The van der Waals surface area contributed by atoms with Gasteiger partial charge in [0.15, 0.2) is 0 Å². The Morgan fingerprint density at radius 3 is 2.68 bits per heavy atom. The van der Waals surface area contributed by atoms with Crippen LogP contribution in [0.3, 0.4) is 0 Å². The molecule has 3 rings (SSSR count). The molecule has 0 unspecified atom stereocenters. The van der Waals surface area contributed by atoms with Crippen molar-refractivity contribution in [3.05, 3.63) is 42.2 Å². The monoisotopic (exact) mass is 255 g/mol. The first-order chi connectivity index (χ1) is 9.25. The number of aromatic nitrogens is 2. The largest absolute Gasteiger partial charge is 0.344 e. The van der Waals surface area contributed by atoms with E-state index in [-0.39, 0.29) is 6.03 Å². The average molecular weight is 255 g/mol. The lowest BCUT2D eigenvalue weighted by molar-refractivity contribution is 0.207. The lowest BCUT2D eigenvalue weighted by atomic mass is 10.0. The second kappa shape index (κ2) is 4.88. The van der Waals surface area contributed by atoms with Crippen LogP contribution in [0.4, 0.5) is 4.79 Å². The minimum Gasteiger partial charge on any atom is -0.323 e. The van der Waals surface area contributed by atoms with E-state index >= 15 is 0 Å². The summed E-state index contributed by atoms with van der Waals surface area (Å²) in [4.78, 5) is 14.1. The molecule has 1 amide bonds. The third-order valence-electron chi connectivity index (χ3n) is 3.61. The number of likely N-dealkylation sites (tertiary alicyclic amines) is 1. The highest BCUT2D eigenvalue weighted by Gasteiger charge is 2.20. The van der Waals surface area contributed by atoms with Gasteiger partial charge in [0.1, 0.15) is 0 Å². The predicted molar refractivity (Wildman–Crippen MR) is 74.0 cm³/mol. The molecule has 1 fully saturated rings. The summed E-state index contributed by atoms with van der Waals surface area (Å²) in [5.74, 6) is 0. The Hall–Kier alpha value is -2.10. The minimum atomic E-state index is -0.0164. The Balaban J connectivity index is 1.87. The van der Waals surface area contributed by atoms with Crippen molar-refractivity contribution in [3.8, 4) is 11.1 Å². The molecule has 0 spiro atoms. The van der Waals surface area contributed by atoms with Crippen molar-refractivity contribution >= 4 is 6.03 Å². The summed E-state index contributed by atoms with van der Waals surface area (Å²) in [5, 5.41) is 4.20. The quantitative estimate of drug-likeness (QED) is 0.785. The molecule has 1 aromatic carbocycles. The first-order valence-corrected chi connectivity index (χ1v) is 6.65. The number of benzene rings is 1. The SMILES string of the molecule is Cc1ccccc1-c1cnn(C(=O)N2CCCC2)c1. The van der Waals surface area contributed by atoms with E-state index in [0.29, 0.717) is 0 Å². The fraction of sp³-hybridized carbons (Fsp3) is 0.333. The molecule has 2 aromatic rings. The van der Waals surface area contributed by atoms with Crippen LogP contribution < -0.4 is 0 Å². The Labute approximate surface area is 112 Å². The zero-order valence-corrected chi connectivity index (χ0v) is 11.0. The number of rotatable bonds is 1. The second-order valence-corrected chi connectivity index (χ2v) is 4.97. The number of carbonyl (C=O) groups is 1. The maximum atomic E-state index is 12.2. The van der Waals surface area contributed by atoms with Gasteiger partial charge in [-0.05, 0) is 30.9 Å². The topological polar surface area (TPSA) is 38.1 Å². The molecule has 19 heavy (non-hydrogen) atoms. The third kappa shape index (κ3) is 2.26. The molecule has 0 atom stereocenters. The lowest BCUT2D eigenvalue weighted by Crippen LogP contribution is -2.32. The summed E-state index contributed by atoms with van der Waals surface area (Å²) in [5.41, 5.74) is 3.31. The van der Waals surface area contributed by atoms with Gasteiger partial charge >= 0.3 is 6.03 Å². The highest BCUT2D eigenvalue weighted by atomic mass is 16.2. The number of amides is 1. The molecule has 0 saturated carbocycles. The normalized spacial score (nSPS) is 14.9. The third-order valence-corrected chi connectivity index (χ3v) is 3.61. The van der Waals surface area contributed by atoms with Gasteiger partial charge in [-0.2, -0.15) is 9.78 Å². The number of nitrogens with zero attached hydrogens (tertiary/aromatic N) is 3. The van der Waals surface area contributed by atoms with Crippen molar-refractivity contribution < 1.29 is 4.79 Å². The van der Waals surface area contributed by atoms with Crippen LogP contribution in [0.15, 0.2) is 36.7 Å². The van der Waals surface area contributed by atoms with E-state index in [4.69, 9.17) is 0 Å². The molecule has 0 aliphatic carbocycles. The van der Waals surface area contributed by atoms with Crippen LogP contribution in [0, 0.1) is 6.92 Å². The fourth-order valence-electron chi connectivity index (χ4n) is 2.52. The van der Waals surface area contributed by atoms with Crippen LogP contribution in [0.5, 0.6) is 0 Å². The van der Waals surface area contributed by atoms with Crippen molar-refractivity contribution in [2.75, 3.05) is 13.1 Å². The van der Waals surface area contributed by atoms with Crippen LogP contribution >= 0.6 is 0 Å². The van der Waals surface area contributed by atoms with Crippen LogP contribution in [-0.4, -0.2) is 33.8 Å². The minimum absolute atomic E-state index is 0.0164. The van der Waals surface area contributed by atoms with Crippen molar-refractivity contribution in [2.45, 2.75) is 19.8 Å². The number of hydrogen-bond acceptors (Lipinski definition) is 2. The van der Waals surface area contributed by atoms with E-state index in [1.165, 1.54) is 10.2 Å². The highest BCUT2D eigenvalue weighted by Crippen LogP contribution is 2.22. The molecule has 0 bridgehead atoms. The Morgan fingerprint density at radius 2 is 1.95 bits per heavy atom. The summed E-state index contributed by atoms with van der Waals surface area (Å²) < 4.78 is 1.45. The van der Waals surface area contributed by atoms with Crippen LogP contribution in [0.25, 0.3) is 11.1 Å². The number of aryl methyl sites for hydroxylation is 1. The molecule has 1 aliphatic rings. The van der Waals surface area contributed by atoms with Crippen molar-refractivity contribution in [3.63, 3.8) is 0 Å². The van der Waals surface area contributed by atoms with Crippen LogP contribution in [-0.2, 0) is 0 Å². The number of carbonyl (C=O) groups excluding carboxylic acids is 1. The molecule has 4 nitrogen and oxygen atoms in total. The molecule has 98 valence electrons. The Kier molecular flexibility index (Phi) is 3.07. The van der Waals surface area contributed by atoms with Gasteiger partial charge < -0.3 is 4.90 Å². The van der Waals surface area contributed by atoms with Crippen LogP contribution in [0.1, 0.15) is 18.4 Å². The van der Waals surface area contributed by atoms with E-state index in [9.17, 15) is 4.79 Å². The molecule has 2 heterocycles. The predicted octanol–water partition coefficient (Wildman–Crippen LogP) is 2.92. The van der Waals surface area contributed by atoms with E-state index < -0.39 is 0 Å². The van der Waals surface area contributed by atoms with Gasteiger partial charge in [0.25, 0.3) is 0 Å². The van der Waals surface area contributed by atoms with Crippen molar-refractivity contribution in [2.24, 2.45) is 0 Å². The zero-order chi connectivity index (χ0) is 13.2. The number of hydrogen-bond donors (Lipinski definition) is 0. The second-order valence-electron chi connectivity index (χ2n) is 4.97. The van der Waals surface area contributed by atoms with E-state index in [2.05, 4.69) is 24.2 Å². The van der Waals surface area contributed by atoms with E-state index in [1.807, 2.05) is 23.2 Å². The van der Waals surface area contributed by atoms with Gasteiger partial charge in [0, 0.05) is 24.8 Å². The standard InChI is InChI=1S/C15H17N3O/c1-12-6-2-3-7-14(12)13-10-16-18(11-13)15(19)17-8-4-5-9-17/h2-3,6-7,10-11H,4-5,8-9H2,1H3. The molecule has 1 saturated heterocycles. The molecule has 1 aliphatic heterocycles. The van der Waals surface area contributed by atoms with Crippen molar-refractivity contribution in [1.82, 2.24) is 14.7 Å². The van der Waals surface area contributed by atoms with Crippen molar-refractivity contribution in [1.29, 1.82) is 0 Å². The maximum Gasteiger partial charge on any atom is 0.344 e. The Morgan fingerprint density at radius 1 is 1.21 bits per heavy atom. The lowest BCUT2D eigenvalue weighted by Gasteiger charge is -2.13. The summed E-state index contributed by atoms with van der Waals surface area (Å²) in [6.45, 7) is 3.76. The van der Waals surface area contributed by atoms with Gasteiger partial charge in [0.2, 0.25) is 0 Å². The summed E-state index contributed by atoms with van der Waals surface area (Å²) >= 11 is 0. The fourth-order valence-corrected chi connectivity index (χ4v) is 2.52. The molecular weight excluding hydrogens is 238 g/mol. The van der Waals surface area contributed by atoms with Gasteiger partial charge in [-0.15, -0.1) is 0 Å². The molecule has 4 heteroatoms. The van der Waals surface area contributed by atoms with Gasteiger partial charge in [-0.25, -0.2) is 4.79 Å². The smallest absolute Gasteiger partial charge is 0.323 e. The van der Waals surface area contributed by atoms with E-state index in [1.54, 1.807) is 6.20 Å². The summed E-state index contributed by atoms with van der Waals surface area (Å²) in [6.07, 6.45) is 5.77. The Bertz CT molecular complexity index is 597. The molecule has 1 aromatic heterocycles. The first kappa shape index (κ1) is 12.0. The highest BCUT2D eigenvalue weighted by molar-refractivity contribution is 5.78. The molecule has 0 N–H and O–H groups in total. The first-order valence-electron chi connectivity index (χ1n) is 6.65. The van der Waals surface area contributed by atoms with Crippen LogP contribution in [0.2, 0.25) is 0 Å². The molecule has 0 radical (unpaired) electrons. The maximum absolute atomic E-state index is 12.2. The summed E-state index contributed by atoms with van der Waals surface area (Å²) in [6, 6.07) is 8.12. The van der Waals surface area contributed by atoms with Gasteiger partial charge in [0.05, 0.1) is 6.20 Å². The zero-order valence-electron chi connectivity index (χ0n) is 11.0. The van der Waals surface area contributed by atoms with Gasteiger partial charge in [-0.1, -0.05) is 24.3 Å². The van der Waals surface area contributed by atoms with Gasteiger partial charge in [-0.3, -0.25) is 0 Å². The average Bonchev–Trinajstić information content (AvgIpc) is 3.10.